The Kier molecular flexibility index (Phi) is 5.73. The zero-order valence-corrected chi connectivity index (χ0v) is 20.7. The van der Waals surface area contributed by atoms with Crippen molar-refractivity contribution in [2.45, 2.75) is 0 Å². The number of benzene rings is 2. The van der Waals surface area contributed by atoms with Crippen molar-refractivity contribution >= 4 is 45.6 Å². The van der Waals surface area contributed by atoms with Crippen LogP contribution in [0.2, 0.25) is 5.02 Å². The summed E-state index contributed by atoms with van der Waals surface area (Å²) in [7, 11) is 0. The van der Waals surface area contributed by atoms with Crippen LogP contribution in [0.1, 0.15) is 5.56 Å². The summed E-state index contributed by atoms with van der Waals surface area (Å²) in [6.45, 7) is 0. The van der Waals surface area contributed by atoms with Crippen LogP contribution in [0.4, 0.5) is 11.6 Å². The first-order valence-electron chi connectivity index (χ1n) is 11.2. The number of hydrogen-bond donors (Lipinski definition) is 2. The molecule has 0 aliphatic rings. The monoisotopic (exact) mass is 520 g/mol. The summed E-state index contributed by atoms with van der Waals surface area (Å²) in [6.07, 6.45) is 3.35. The van der Waals surface area contributed by atoms with Gasteiger partial charge in [0.25, 0.3) is 0 Å². The molecule has 4 heterocycles. The molecule has 0 spiro atoms. The molecule has 10 heteroatoms. The fourth-order valence-electron chi connectivity index (χ4n) is 4.19. The fraction of sp³-hybridized carbons (Fsp3) is 0. The van der Waals surface area contributed by atoms with E-state index in [1.54, 1.807) is 18.5 Å². The number of nitriles is 1. The molecular formula is C27H17ClN8S. The van der Waals surface area contributed by atoms with Crippen molar-refractivity contribution in [3.8, 4) is 34.1 Å². The Labute approximate surface area is 220 Å². The number of nitrogens with zero attached hydrogens (tertiary/aromatic N) is 6. The predicted molar refractivity (Wildman–Crippen MR) is 146 cm³/mol. The minimum absolute atomic E-state index is 0.115. The summed E-state index contributed by atoms with van der Waals surface area (Å²) in [5, 5.41) is 20.6. The first kappa shape index (κ1) is 22.7. The number of aromatic nitrogens is 5. The van der Waals surface area contributed by atoms with Crippen molar-refractivity contribution in [3.05, 3.63) is 99.9 Å². The highest BCUT2D eigenvalue weighted by Crippen LogP contribution is 2.37. The van der Waals surface area contributed by atoms with Crippen molar-refractivity contribution in [3.63, 3.8) is 0 Å². The van der Waals surface area contributed by atoms with E-state index in [0.717, 1.165) is 22.5 Å². The Morgan fingerprint density at radius 3 is 2.57 bits per heavy atom. The summed E-state index contributed by atoms with van der Waals surface area (Å²) < 4.78 is 2.06. The highest BCUT2D eigenvalue weighted by molar-refractivity contribution is 7.07. The van der Waals surface area contributed by atoms with Crippen LogP contribution in [0.5, 0.6) is 0 Å². The average Bonchev–Trinajstić information content (AvgIpc) is 3.53. The van der Waals surface area contributed by atoms with Gasteiger partial charge in [-0.1, -0.05) is 48.0 Å². The lowest BCUT2D eigenvalue weighted by Crippen LogP contribution is -2.13. The number of pyridine rings is 2. The smallest absolute Gasteiger partial charge is 0.196 e. The molecule has 6 aromatic rings. The predicted octanol–water partition coefficient (Wildman–Crippen LogP) is 5.88. The molecule has 8 nitrogen and oxygen atoms in total. The van der Waals surface area contributed by atoms with Gasteiger partial charge in [0.15, 0.2) is 16.3 Å². The van der Waals surface area contributed by atoms with Gasteiger partial charge in [-0.25, -0.2) is 4.98 Å². The quantitative estimate of drug-likeness (QED) is 0.300. The fourth-order valence-corrected chi connectivity index (χ4v) is 5.22. The number of hydrogen-bond acceptors (Lipinski definition) is 7. The average molecular weight is 521 g/mol. The minimum Gasteiger partial charge on any atom is -0.383 e. The van der Waals surface area contributed by atoms with E-state index in [1.807, 2.05) is 66.0 Å². The molecule has 0 bridgehead atoms. The van der Waals surface area contributed by atoms with Crippen molar-refractivity contribution in [2.24, 2.45) is 4.99 Å². The second-order valence-corrected chi connectivity index (χ2v) is 9.34. The molecule has 0 amide bonds. The molecule has 0 saturated carbocycles. The van der Waals surface area contributed by atoms with Gasteiger partial charge in [0, 0.05) is 39.6 Å². The summed E-state index contributed by atoms with van der Waals surface area (Å²) in [5.74, 6) is 0.511. The topological polar surface area (TPSA) is 122 Å². The van der Waals surface area contributed by atoms with E-state index in [4.69, 9.17) is 22.3 Å². The molecule has 0 unspecified atom stereocenters. The van der Waals surface area contributed by atoms with Crippen molar-refractivity contribution in [1.82, 2.24) is 24.7 Å². The molecule has 2 aromatic carbocycles. The number of H-pyrrole nitrogens is 1. The first-order chi connectivity index (χ1) is 18.1. The summed E-state index contributed by atoms with van der Waals surface area (Å²) in [6, 6.07) is 23.5. The third kappa shape index (κ3) is 4.04. The molecule has 0 atom stereocenters. The summed E-state index contributed by atoms with van der Waals surface area (Å²) in [5.41, 5.74) is 11.0. The number of rotatable bonds is 4. The van der Waals surface area contributed by atoms with E-state index < -0.39 is 0 Å². The van der Waals surface area contributed by atoms with E-state index in [0.29, 0.717) is 32.2 Å². The molecule has 0 aliphatic carbocycles. The van der Waals surface area contributed by atoms with E-state index in [-0.39, 0.29) is 11.4 Å². The number of para-hydroxylation sites is 1. The van der Waals surface area contributed by atoms with Gasteiger partial charge in [0.05, 0.1) is 11.1 Å². The molecule has 4 aromatic heterocycles. The first-order valence-corrected chi connectivity index (χ1v) is 12.4. The van der Waals surface area contributed by atoms with Gasteiger partial charge in [-0.15, -0.1) is 11.3 Å². The highest BCUT2D eigenvalue weighted by Gasteiger charge is 2.21. The number of halogens is 1. The zero-order chi connectivity index (χ0) is 25.4. The van der Waals surface area contributed by atoms with Gasteiger partial charge in [0.2, 0.25) is 0 Å². The molecule has 37 heavy (non-hydrogen) atoms. The molecule has 178 valence electrons. The number of nitrogens with one attached hydrogen (secondary N) is 1. The lowest BCUT2D eigenvalue weighted by Gasteiger charge is -2.10. The summed E-state index contributed by atoms with van der Waals surface area (Å²) in [4.78, 5) is 14.3. The largest absolute Gasteiger partial charge is 0.383 e. The van der Waals surface area contributed by atoms with Gasteiger partial charge in [-0.05, 0) is 35.9 Å². The maximum absolute atomic E-state index is 9.92. The Morgan fingerprint density at radius 2 is 1.84 bits per heavy atom. The van der Waals surface area contributed by atoms with Crippen LogP contribution in [-0.2, 0) is 0 Å². The zero-order valence-electron chi connectivity index (χ0n) is 19.1. The normalized spacial score (nSPS) is 11.6. The summed E-state index contributed by atoms with van der Waals surface area (Å²) >= 11 is 7.61. The van der Waals surface area contributed by atoms with Crippen molar-refractivity contribution in [1.29, 1.82) is 5.26 Å². The van der Waals surface area contributed by atoms with E-state index >= 15 is 0 Å². The molecule has 3 N–H and O–H groups in total. The third-order valence-electron chi connectivity index (χ3n) is 5.84. The number of thiazole rings is 1. The number of fused-ring (bicyclic) bond motifs is 1. The molecule has 0 aliphatic heterocycles. The number of nitrogen functional groups attached to an aromatic ring is 1. The maximum atomic E-state index is 9.92. The van der Waals surface area contributed by atoms with E-state index in [1.165, 1.54) is 11.3 Å². The van der Waals surface area contributed by atoms with E-state index in [9.17, 15) is 5.26 Å². The number of nitrogens with two attached hydrogens (primary N) is 1. The SMILES string of the molecule is N#Cc1c(N)nc2[nH]nc(N=c3scc(-c4ccc(Cl)cc4)n3-c3ccccc3)c2c1-c1cccnc1. The van der Waals surface area contributed by atoms with Crippen LogP contribution >= 0.6 is 22.9 Å². The maximum Gasteiger partial charge on any atom is 0.196 e. The van der Waals surface area contributed by atoms with Gasteiger partial charge in [0.1, 0.15) is 17.5 Å². The van der Waals surface area contributed by atoms with Crippen LogP contribution in [0, 0.1) is 11.3 Å². The molecule has 6 rings (SSSR count). The van der Waals surface area contributed by atoms with Gasteiger partial charge in [-0.2, -0.15) is 15.4 Å². The minimum atomic E-state index is 0.115. The molecule has 0 radical (unpaired) electrons. The third-order valence-corrected chi connectivity index (χ3v) is 6.92. The van der Waals surface area contributed by atoms with Crippen molar-refractivity contribution in [2.75, 3.05) is 5.73 Å². The van der Waals surface area contributed by atoms with Crippen LogP contribution < -0.4 is 10.5 Å². The highest BCUT2D eigenvalue weighted by atomic mass is 35.5. The lowest BCUT2D eigenvalue weighted by atomic mass is 9.99. The Balaban J connectivity index is 1.65. The second kappa shape index (κ2) is 9.35. The Morgan fingerprint density at radius 1 is 1.03 bits per heavy atom. The molecule has 0 fully saturated rings. The Bertz CT molecular complexity index is 1850. The molecule has 0 saturated heterocycles. The van der Waals surface area contributed by atoms with Gasteiger partial charge < -0.3 is 5.73 Å². The van der Waals surface area contributed by atoms with Crippen LogP contribution in [0.25, 0.3) is 39.1 Å². The Hall–Kier alpha value is -4.78. The second-order valence-electron chi connectivity index (χ2n) is 8.06. The lowest BCUT2D eigenvalue weighted by molar-refractivity contribution is 0.996. The van der Waals surface area contributed by atoms with Crippen molar-refractivity contribution < 1.29 is 0 Å². The van der Waals surface area contributed by atoms with Gasteiger partial charge >= 0.3 is 0 Å². The van der Waals surface area contributed by atoms with Gasteiger partial charge in [-0.3, -0.25) is 14.6 Å². The van der Waals surface area contributed by atoms with Crippen LogP contribution in [-0.4, -0.2) is 24.7 Å². The van der Waals surface area contributed by atoms with Crippen LogP contribution in [0.3, 0.4) is 0 Å². The number of aromatic amines is 1. The van der Waals surface area contributed by atoms with Crippen LogP contribution in [0.15, 0.2) is 89.5 Å². The molecular weight excluding hydrogens is 504 g/mol. The van der Waals surface area contributed by atoms with E-state index in [2.05, 4.69) is 30.8 Å². The standard InChI is InChI=1S/C27H17ClN8S/c28-18-10-8-16(9-11-18)21-15-37-27(36(21)19-6-2-1-3-7-19)33-26-23-22(17-5-4-12-31-14-17)20(13-29)24(30)32-25(23)34-35-26/h1-12,14-15H,(H3,30,32,34,35). The number of anilines is 1.